The molecule has 2 rings (SSSR count). The lowest BCUT2D eigenvalue weighted by atomic mass is 10.1. The molecule has 0 heterocycles. The first kappa shape index (κ1) is 22.7. The van der Waals surface area contributed by atoms with Crippen molar-refractivity contribution < 1.29 is 14.5 Å². The van der Waals surface area contributed by atoms with Crippen LogP contribution in [0.1, 0.15) is 61.4 Å². The molecule has 158 valence electrons. The molecule has 8 nitrogen and oxygen atoms in total. The van der Waals surface area contributed by atoms with E-state index in [2.05, 4.69) is 22.8 Å². The number of rotatable bonds is 11. The zero-order valence-electron chi connectivity index (χ0n) is 17.0. The summed E-state index contributed by atoms with van der Waals surface area (Å²) in [6, 6.07) is 12.3. The Hall–Kier alpha value is -3.55. The van der Waals surface area contributed by atoms with Crippen LogP contribution in [0.15, 0.2) is 53.6 Å². The molecule has 0 aliphatic heterocycles. The molecule has 0 unspecified atom stereocenters. The van der Waals surface area contributed by atoms with E-state index in [1.807, 2.05) is 0 Å². The maximum absolute atomic E-state index is 12.1. The van der Waals surface area contributed by atoms with Gasteiger partial charge in [0.15, 0.2) is 0 Å². The molecule has 0 bridgehead atoms. The van der Waals surface area contributed by atoms with E-state index in [4.69, 9.17) is 0 Å². The predicted molar refractivity (Wildman–Crippen MR) is 117 cm³/mol. The molecule has 0 aromatic heterocycles. The molecule has 0 aliphatic carbocycles. The number of hydrazone groups is 1. The first-order chi connectivity index (χ1) is 14.5. The maximum atomic E-state index is 12.1. The highest BCUT2D eigenvalue weighted by molar-refractivity contribution is 5.96. The number of nitro groups is 1. The number of nitrogens with zero attached hydrogens (tertiary/aromatic N) is 2. The van der Waals surface area contributed by atoms with E-state index in [-0.39, 0.29) is 11.6 Å². The van der Waals surface area contributed by atoms with Crippen LogP contribution in [-0.4, -0.2) is 23.0 Å². The standard InChI is InChI=1S/C22H26N4O4/c1-2-3-4-5-6-7-21(27)24-19-12-10-18(11-13-19)22(28)25-23-16-17-8-14-20(15-9-17)26(29)30/h8-16H,2-7H2,1H3,(H,24,27)(H,25,28). The van der Waals surface area contributed by atoms with E-state index < -0.39 is 10.8 Å². The van der Waals surface area contributed by atoms with Crippen molar-refractivity contribution in [2.75, 3.05) is 5.32 Å². The minimum absolute atomic E-state index is 0.0140. The largest absolute Gasteiger partial charge is 0.326 e. The third-order valence-electron chi connectivity index (χ3n) is 4.42. The number of benzene rings is 2. The van der Waals surface area contributed by atoms with Gasteiger partial charge in [0.25, 0.3) is 11.6 Å². The smallest absolute Gasteiger partial charge is 0.271 e. The van der Waals surface area contributed by atoms with Gasteiger partial charge in [-0.15, -0.1) is 0 Å². The molecule has 0 fully saturated rings. The molecule has 30 heavy (non-hydrogen) atoms. The molecule has 2 amide bonds. The first-order valence-electron chi connectivity index (χ1n) is 9.97. The number of nitrogens with one attached hydrogen (secondary N) is 2. The van der Waals surface area contributed by atoms with Gasteiger partial charge in [0.05, 0.1) is 11.1 Å². The summed E-state index contributed by atoms with van der Waals surface area (Å²) in [6.07, 6.45) is 7.34. The third-order valence-corrected chi connectivity index (χ3v) is 4.42. The Bertz CT molecular complexity index is 877. The van der Waals surface area contributed by atoms with E-state index in [1.54, 1.807) is 24.3 Å². The summed E-state index contributed by atoms with van der Waals surface area (Å²) in [5.74, 6) is -0.432. The normalized spacial score (nSPS) is 10.7. The number of non-ortho nitro benzene ring substituents is 1. The van der Waals surface area contributed by atoms with Gasteiger partial charge in [-0.05, 0) is 48.4 Å². The highest BCUT2D eigenvalue weighted by atomic mass is 16.6. The molecule has 0 saturated carbocycles. The van der Waals surface area contributed by atoms with Gasteiger partial charge in [0.1, 0.15) is 0 Å². The summed E-state index contributed by atoms with van der Waals surface area (Å²) in [5.41, 5.74) is 4.04. The minimum atomic E-state index is -0.484. The second-order valence-corrected chi connectivity index (χ2v) is 6.84. The number of unbranched alkanes of at least 4 members (excludes halogenated alkanes) is 4. The minimum Gasteiger partial charge on any atom is -0.326 e. The van der Waals surface area contributed by atoms with Crippen LogP contribution >= 0.6 is 0 Å². The Morgan fingerprint density at radius 2 is 1.67 bits per heavy atom. The predicted octanol–water partition coefficient (Wildman–Crippen LogP) is 4.66. The third kappa shape index (κ3) is 7.83. The van der Waals surface area contributed by atoms with Gasteiger partial charge in [-0.2, -0.15) is 5.10 Å². The number of hydrogen-bond acceptors (Lipinski definition) is 5. The Balaban J connectivity index is 1.78. The number of carbonyl (C=O) groups is 2. The molecule has 0 spiro atoms. The second kappa shape index (κ2) is 12.1. The summed E-state index contributed by atoms with van der Waals surface area (Å²) in [6.45, 7) is 2.15. The fourth-order valence-electron chi connectivity index (χ4n) is 2.73. The van der Waals surface area contributed by atoms with E-state index in [1.165, 1.54) is 43.3 Å². The van der Waals surface area contributed by atoms with Crippen molar-refractivity contribution in [3.05, 3.63) is 69.8 Å². The molecule has 2 N–H and O–H groups in total. The highest BCUT2D eigenvalue weighted by Gasteiger charge is 2.07. The lowest BCUT2D eigenvalue weighted by Gasteiger charge is -2.06. The van der Waals surface area contributed by atoms with E-state index in [0.29, 0.717) is 23.2 Å². The van der Waals surface area contributed by atoms with Gasteiger partial charge in [-0.3, -0.25) is 19.7 Å². The maximum Gasteiger partial charge on any atom is 0.271 e. The average molecular weight is 410 g/mol. The van der Waals surface area contributed by atoms with Crippen LogP contribution in [0.25, 0.3) is 0 Å². The van der Waals surface area contributed by atoms with Crippen molar-refractivity contribution in [2.24, 2.45) is 5.10 Å². The molecule has 2 aromatic rings. The molecular formula is C22H26N4O4. The van der Waals surface area contributed by atoms with Crippen molar-refractivity contribution in [3.63, 3.8) is 0 Å². The molecule has 0 radical (unpaired) electrons. The van der Waals surface area contributed by atoms with Crippen LogP contribution in [0.3, 0.4) is 0 Å². The van der Waals surface area contributed by atoms with Gasteiger partial charge in [0.2, 0.25) is 5.91 Å². The van der Waals surface area contributed by atoms with Gasteiger partial charge in [-0.25, -0.2) is 5.43 Å². The zero-order valence-corrected chi connectivity index (χ0v) is 17.0. The quantitative estimate of drug-likeness (QED) is 0.243. The number of anilines is 1. The molecule has 2 aromatic carbocycles. The number of amides is 2. The molecule has 8 heteroatoms. The first-order valence-corrected chi connectivity index (χ1v) is 9.97. The SMILES string of the molecule is CCCCCCCC(=O)Nc1ccc(C(=O)NN=Cc2ccc([N+](=O)[O-])cc2)cc1. The lowest BCUT2D eigenvalue weighted by molar-refractivity contribution is -0.384. The van der Waals surface area contributed by atoms with Gasteiger partial charge < -0.3 is 5.32 Å². The summed E-state index contributed by atoms with van der Waals surface area (Å²) >= 11 is 0. The summed E-state index contributed by atoms with van der Waals surface area (Å²) in [5, 5.41) is 17.3. The fraction of sp³-hybridized carbons (Fsp3) is 0.318. The van der Waals surface area contributed by atoms with Crippen LogP contribution < -0.4 is 10.7 Å². The van der Waals surface area contributed by atoms with Crippen LogP contribution in [0.5, 0.6) is 0 Å². The molecule has 0 saturated heterocycles. The number of nitro benzene ring substituents is 1. The highest BCUT2D eigenvalue weighted by Crippen LogP contribution is 2.12. The van der Waals surface area contributed by atoms with E-state index >= 15 is 0 Å². The Kier molecular flexibility index (Phi) is 9.18. The number of hydrogen-bond donors (Lipinski definition) is 2. The Labute approximate surface area is 175 Å². The summed E-state index contributed by atoms with van der Waals surface area (Å²) < 4.78 is 0. The van der Waals surface area contributed by atoms with Gasteiger partial charge in [0, 0.05) is 29.8 Å². The Morgan fingerprint density at radius 1 is 1.00 bits per heavy atom. The van der Waals surface area contributed by atoms with E-state index in [9.17, 15) is 19.7 Å². The van der Waals surface area contributed by atoms with Gasteiger partial charge in [-0.1, -0.05) is 32.6 Å². The van der Waals surface area contributed by atoms with Crippen LogP contribution in [0.2, 0.25) is 0 Å². The lowest BCUT2D eigenvalue weighted by Crippen LogP contribution is -2.17. The fourth-order valence-corrected chi connectivity index (χ4v) is 2.73. The van der Waals surface area contributed by atoms with Crippen molar-refractivity contribution in [1.29, 1.82) is 0 Å². The topological polar surface area (TPSA) is 114 Å². The Morgan fingerprint density at radius 3 is 2.30 bits per heavy atom. The monoisotopic (exact) mass is 410 g/mol. The van der Waals surface area contributed by atoms with E-state index in [0.717, 1.165) is 19.3 Å². The van der Waals surface area contributed by atoms with Crippen molar-refractivity contribution >= 4 is 29.4 Å². The molecule has 0 atom stereocenters. The summed E-state index contributed by atoms with van der Waals surface area (Å²) in [7, 11) is 0. The van der Waals surface area contributed by atoms with Crippen molar-refractivity contribution in [3.8, 4) is 0 Å². The van der Waals surface area contributed by atoms with Crippen LogP contribution in [0.4, 0.5) is 11.4 Å². The van der Waals surface area contributed by atoms with Crippen molar-refractivity contribution in [2.45, 2.75) is 45.4 Å². The molecule has 0 aliphatic rings. The van der Waals surface area contributed by atoms with Crippen molar-refractivity contribution in [1.82, 2.24) is 5.43 Å². The van der Waals surface area contributed by atoms with Gasteiger partial charge >= 0.3 is 0 Å². The van der Waals surface area contributed by atoms with Crippen LogP contribution in [0, 0.1) is 10.1 Å². The molecular weight excluding hydrogens is 384 g/mol. The number of carbonyl (C=O) groups excluding carboxylic acids is 2. The second-order valence-electron chi connectivity index (χ2n) is 6.84. The van der Waals surface area contributed by atoms with Crippen LogP contribution in [-0.2, 0) is 4.79 Å². The zero-order chi connectivity index (χ0) is 21.8. The average Bonchev–Trinajstić information content (AvgIpc) is 2.74. The summed E-state index contributed by atoms with van der Waals surface area (Å²) in [4.78, 5) is 34.2.